The molecular formula is C24H30ClNO5. The molecule has 168 valence electrons. The minimum atomic E-state index is -1.08. The number of rotatable bonds is 9. The van der Waals surface area contributed by atoms with Gasteiger partial charge >= 0.3 is 5.97 Å². The highest BCUT2D eigenvalue weighted by Crippen LogP contribution is 2.31. The molecule has 1 aliphatic rings. The van der Waals surface area contributed by atoms with Gasteiger partial charge in [-0.25, -0.2) is 4.79 Å². The number of ether oxygens (including phenoxy) is 2. The number of carboxylic acids is 1. The Morgan fingerprint density at radius 3 is 2.23 bits per heavy atom. The molecule has 6 nitrogen and oxygen atoms in total. The van der Waals surface area contributed by atoms with Crippen molar-refractivity contribution >= 4 is 24.2 Å². The monoisotopic (exact) mass is 447 g/mol. The van der Waals surface area contributed by atoms with Crippen LogP contribution in [0.15, 0.2) is 42.5 Å². The fourth-order valence-corrected chi connectivity index (χ4v) is 4.06. The largest absolute Gasteiger partial charge is 0.493 e. The summed E-state index contributed by atoms with van der Waals surface area (Å²) in [6, 6.07) is 13.4. The van der Waals surface area contributed by atoms with E-state index in [0.29, 0.717) is 29.4 Å². The van der Waals surface area contributed by atoms with E-state index in [2.05, 4.69) is 29.2 Å². The number of ketones is 1. The molecule has 0 aliphatic carbocycles. The van der Waals surface area contributed by atoms with Crippen LogP contribution >= 0.6 is 12.4 Å². The first-order valence-electron chi connectivity index (χ1n) is 10.3. The number of benzene rings is 2. The number of piperidine rings is 1. The van der Waals surface area contributed by atoms with Crippen LogP contribution in [0.1, 0.15) is 40.7 Å². The number of hydrogen-bond donors (Lipinski definition) is 1. The Hall–Kier alpha value is -2.57. The lowest BCUT2D eigenvalue weighted by atomic mass is 9.89. The highest BCUT2D eigenvalue weighted by atomic mass is 35.5. The van der Waals surface area contributed by atoms with Gasteiger partial charge in [-0.15, -0.1) is 12.4 Å². The average molecular weight is 448 g/mol. The van der Waals surface area contributed by atoms with Crippen LogP contribution in [-0.2, 0) is 17.8 Å². The molecule has 0 aromatic heterocycles. The lowest BCUT2D eigenvalue weighted by Gasteiger charge is -2.31. The molecule has 0 spiro atoms. The zero-order chi connectivity index (χ0) is 21.5. The van der Waals surface area contributed by atoms with Gasteiger partial charge in [0, 0.05) is 19.4 Å². The van der Waals surface area contributed by atoms with Gasteiger partial charge in [0.15, 0.2) is 11.5 Å². The molecule has 0 radical (unpaired) electrons. The van der Waals surface area contributed by atoms with Crippen molar-refractivity contribution in [3.63, 3.8) is 0 Å². The topological polar surface area (TPSA) is 76.1 Å². The van der Waals surface area contributed by atoms with Crippen molar-refractivity contribution in [3.05, 3.63) is 59.2 Å². The summed E-state index contributed by atoms with van der Waals surface area (Å²) < 4.78 is 10.5. The van der Waals surface area contributed by atoms with Crippen molar-refractivity contribution in [2.75, 3.05) is 27.3 Å². The van der Waals surface area contributed by atoms with Gasteiger partial charge in [0.25, 0.3) is 0 Å². The van der Waals surface area contributed by atoms with Crippen molar-refractivity contribution in [1.29, 1.82) is 0 Å². The Kier molecular flexibility index (Phi) is 9.34. The van der Waals surface area contributed by atoms with Gasteiger partial charge in [0.05, 0.1) is 19.8 Å². The Morgan fingerprint density at radius 1 is 1.03 bits per heavy atom. The highest BCUT2D eigenvalue weighted by Gasteiger charge is 2.23. The third-order valence-corrected chi connectivity index (χ3v) is 5.70. The molecule has 0 bridgehead atoms. The minimum absolute atomic E-state index is 0. The normalized spacial score (nSPS) is 14.5. The van der Waals surface area contributed by atoms with E-state index in [1.54, 1.807) is 6.07 Å². The molecule has 1 saturated heterocycles. The van der Waals surface area contributed by atoms with Crippen LogP contribution in [0.3, 0.4) is 0 Å². The van der Waals surface area contributed by atoms with E-state index in [9.17, 15) is 14.7 Å². The second-order valence-electron chi connectivity index (χ2n) is 7.79. The van der Waals surface area contributed by atoms with Crippen LogP contribution < -0.4 is 9.47 Å². The summed E-state index contributed by atoms with van der Waals surface area (Å²) in [6.07, 6.45) is 2.53. The fourth-order valence-electron chi connectivity index (χ4n) is 4.06. The number of carbonyl (C=O) groups is 2. The Balaban J connectivity index is 0.00000341. The molecule has 1 N–H and O–H groups in total. The predicted octanol–water partition coefficient (Wildman–Crippen LogP) is 4.24. The molecule has 1 aliphatic heterocycles. The van der Waals surface area contributed by atoms with Crippen LogP contribution in [0, 0.1) is 5.92 Å². The van der Waals surface area contributed by atoms with Crippen molar-refractivity contribution in [3.8, 4) is 11.5 Å². The average Bonchev–Trinajstić information content (AvgIpc) is 2.75. The molecule has 0 saturated carbocycles. The number of aromatic carboxylic acids is 1. The van der Waals surface area contributed by atoms with E-state index in [4.69, 9.17) is 9.47 Å². The lowest BCUT2D eigenvalue weighted by Crippen LogP contribution is -2.34. The highest BCUT2D eigenvalue weighted by molar-refractivity contribution is 5.93. The molecule has 31 heavy (non-hydrogen) atoms. The van der Waals surface area contributed by atoms with Crippen LogP contribution in [0.4, 0.5) is 0 Å². The molecule has 7 heteroatoms. The number of Topliss-reactive ketones (excluding diaryl/α,β-unsaturated/α-hetero) is 1. The van der Waals surface area contributed by atoms with E-state index in [-0.39, 0.29) is 30.2 Å². The molecule has 0 atom stereocenters. The Morgan fingerprint density at radius 2 is 1.65 bits per heavy atom. The minimum Gasteiger partial charge on any atom is -0.493 e. The quantitative estimate of drug-likeness (QED) is 0.619. The van der Waals surface area contributed by atoms with Crippen molar-refractivity contribution in [1.82, 2.24) is 4.90 Å². The second kappa shape index (κ2) is 11.7. The molecule has 3 rings (SSSR count). The number of likely N-dealkylation sites (tertiary alicyclic amines) is 1. The number of carbonyl (C=O) groups excluding carboxylic acids is 1. The van der Waals surface area contributed by atoms with E-state index in [0.717, 1.165) is 32.5 Å². The summed E-state index contributed by atoms with van der Waals surface area (Å²) in [5, 5.41) is 9.52. The van der Waals surface area contributed by atoms with Gasteiger partial charge in [-0.05, 0) is 55.1 Å². The maximum absolute atomic E-state index is 12.7. The smallest absolute Gasteiger partial charge is 0.336 e. The molecule has 2 aromatic rings. The second-order valence-corrected chi connectivity index (χ2v) is 7.79. The third kappa shape index (κ3) is 6.71. The van der Waals surface area contributed by atoms with Crippen molar-refractivity contribution < 1.29 is 24.2 Å². The first-order chi connectivity index (χ1) is 14.5. The molecule has 2 aromatic carbocycles. The SMILES string of the molecule is COc1cc(CC(=O)CC2CCN(Cc3ccccc3)CC2)c(C(=O)O)cc1OC.Cl. The number of carboxylic acid groups (broad SMARTS) is 1. The Bertz CT molecular complexity index is 879. The Labute approximate surface area is 189 Å². The van der Waals surface area contributed by atoms with Crippen molar-refractivity contribution in [2.24, 2.45) is 5.92 Å². The van der Waals surface area contributed by atoms with Crippen LogP contribution in [-0.4, -0.2) is 49.1 Å². The predicted molar refractivity (Wildman–Crippen MR) is 122 cm³/mol. The summed E-state index contributed by atoms with van der Waals surface area (Å²) in [4.78, 5) is 26.8. The van der Waals surface area contributed by atoms with Gasteiger partial charge in [0.2, 0.25) is 0 Å². The number of nitrogens with zero attached hydrogens (tertiary/aromatic N) is 1. The molecule has 1 heterocycles. The summed E-state index contributed by atoms with van der Waals surface area (Å²) in [6.45, 7) is 2.89. The fraction of sp³-hybridized carbons (Fsp3) is 0.417. The summed E-state index contributed by atoms with van der Waals surface area (Å²) in [5.41, 5.74) is 1.85. The first kappa shape index (κ1) is 24.7. The standard InChI is InChI=1S/C24H29NO5.ClH/c1-29-22-14-19(21(24(27)28)15-23(22)30-2)13-20(26)12-17-8-10-25(11-9-17)16-18-6-4-3-5-7-18;/h3-7,14-15,17H,8-13,16H2,1-2H3,(H,27,28);1H. The van der Waals surface area contributed by atoms with Gasteiger partial charge < -0.3 is 14.6 Å². The number of halogens is 1. The van der Waals surface area contributed by atoms with Gasteiger partial charge in [-0.2, -0.15) is 0 Å². The van der Waals surface area contributed by atoms with Gasteiger partial charge in [0.1, 0.15) is 5.78 Å². The zero-order valence-corrected chi connectivity index (χ0v) is 18.8. The van der Waals surface area contributed by atoms with E-state index < -0.39 is 5.97 Å². The number of hydrogen-bond acceptors (Lipinski definition) is 5. The van der Waals surface area contributed by atoms with Crippen LogP contribution in [0.25, 0.3) is 0 Å². The van der Waals surface area contributed by atoms with Crippen LogP contribution in [0.2, 0.25) is 0 Å². The maximum atomic E-state index is 12.7. The maximum Gasteiger partial charge on any atom is 0.336 e. The summed E-state index contributed by atoms with van der Waals surface area (Å²) in [7, 11) is 2.95. The molecule has 0 amide bonds. The summed E-state index contributed by atoms with van der Waals surface area (Å²) in [5.74, 6) is 0.105. The molecule has 0 unspecified atom stereocenters. The third-order valence-electron chi connectivity index (χ3n) is 5.70. The van der Waals surface area contributed by atoms with Crippen molar-refractivity contribution in [2.45, 2.75) is 32.2 Å². The zero-order valence-electron chi connectivity index (χ0n) is 18.0. The van der Waals surface area contributed by atoms with Gasteiger partial charge in [-0.3, -0.25) is 9.69 Å². The number of methoxy groups -OCH3 is 2. The summed E-state index contributed by atoms with van der Waals surface area (Å²) >= 11 is 0. The van der Waals surface area contributed by atoms with E-state index in [1.165, 1.54) is 25.8 Å². The molecular weight excluding hydrogens is 418 g/mol. The molecule has 1 fully saturated rings. The van der Waals surface area contributed by atoms with Gasteiger partial charge in [-0.1, -0.05) is 30.3 Å². The first-order valence-corrected chi connectivity index (χ1v) is 10.3. The van der Waals surface area contributed by atoms with E-state index in [1.807, 2.05) is 6.07 Å². The van der Waals surface area contributed by atoms with Crippen LogP contribution in [0.5, 0.6) is 11.5 Å². The lowest BCUT2D eigenvalue weighted by molar-refractivity contribution is -0.119. The van der Waals surface area contributed by atoms with E-state index >= 15 is 0 Å².